The van der Waals surface area contributed by atoms with Crippen molar-refractivity contribution < 1.29 is 49.0 Å². The minimum absolute atomic E-state index is 0. The van der Waals surface area contributed by atoms with Crippen molar-refractivity contribution in [2.45, 2.75) is 47.8 Å². The molecular formula is C35H29Br2N6NaO4S2. The average molecular weight is 845 g/mol. The van der Waals surface area contributed by atoms with Crippen molar-refractivity contribution in [2.75, 3.05) is 18.6 Å². The number of carboxylic acid groups (broad SMARTS) is 1. The van der Waals surface area contributed by atoms with Gasteiger partial charge >= 0.3 is 35.5 Å². The first-order valence-electron chi connectivity index (χ1n) is 15.6. The number of esters is 1. The summed E-state index contributed by atoms with van der Waals surface area (Å²) in [6.07, 6.45) is 5.01. The van der Waals surface area contributed by atoms with Crippen LogP contribution in [-0.2, 0) is 14.3 Å². The molecule has 6 aromatic rings. The van der Waals surface area contributed by atoms with Crippen LogP contribution in [-0.4, -0.2) is 60.1 Å². The number of carbonyl (C=O) groups is 2. The molecule has 4 aromatic carbocycles. The summed E-state index contributed by atoms with van der Waals surface area (Å²) < 4.78 is 9.66. The molecule has 2 saturated carbocycles. The van der Waals surface area contributed by atoms with Crippen LogP contribution in [0.3, 0.4) is 0 Å². The average Bonchev–Trinajstić information content (AvgIpc) is 4.06. The van der Waals surface area contributed by atoms with Crippen LogP contribution in [0.5, 0.6) is 0 Å². The summed E-state index contributed by atoms with van der Waals surface area (Å²) in [7, 11) is 1.38. The van der Waals surface area contributed by atoms with Crippen LogP contribution in [0.1, 0.15) is 48.6 Å². The Morgan fingerprint density at radius 3 is 1.54 bits per heavy atom. The number of halogens is 2. The number of aliphatic carboxylic acids is 1. The summed E-state index contributed by atoms with van der Waals surface area (Å²) in [5, 5.41) is 33.2. The van der Waals surface area contributed by atoms with Crippen LogP contribution in [0, 0.1) is 0 Å². The van der Waals surface area contributed by atoms with Crippen molar-refractivity contribution in [3.05, 3.63) is 93.4 Å². The maximum atomic E-state index is 11.5. The fraction of sp³-hybridized carbons (Fsp3) is 0.257. The van der Waals surface area contributed by atoms with E-state index in [0.717, 1.165) is 33.9 Å². The van der Waals surface area contributed by atoms with Crippen LogP contribution < -0.4 is 34.7 Å². The topological polar surface area (TPSA) is 128 Å². The fourth-order valence-corrected chi connectivity index (χ4v) is 8.48. The second-order valence-electron chi connectivity index (χ2n) is 11.7. The molecule has 2 aliphatic rings. The second kappa shape index (κ2) is 16.3. The Morgan fingerprint density at radius 2 is 1.12 bits per heavy atom. The maximum Gasteiger partial charge on any atom is 1.00 e. The molecular weight excluding hydrogens is 815 g/mol. The van der Waals surface area contributed by atoms with E-state index < -0.39 is 5.97 Å². The number of rotatable bonds is 10. The second-order valence-corrected chi connectivity index (χ2v) is 15.0. The molecule has 15 heteroatoms. The normalized spacial score (nSPS) is 13.8. The number of nitrogens with zero attached hydrogens (tertiary/aromatic N) is 6. The number of thioether (sulfide) groups is 2. The molecule has 2 fully saturated rings. The van der Waals surface area contributed by atoms with E-state index in [9.17, 15) is 14.7 Å². The van der Waals surface area contributed by atoms with E-state index in [4.69, 9.17) is 4.74 Å². The number of fused-ring (bicyclic) bond motifs is 2. The molecule has 0 radical (unpaired) electrons. The number of carbonyl (C=O) groups excluding carboxylic acids is 2. The van der Waals surface area contributed by atoms with Crippen molar-refractivity contribution >= 4 is 88.9 Å². The number of hydrogen-bond donors (Lipinski definition) is 0. The molecule has 2 aromatic heterocycles. The molecule has 0 atom stereocenters. The van der Waals surface area contributed by atoms with E-state index >= 15 is 0 Å². The minimum Gasteiger partial charge on any atom is -0.549 e. The first kappa shape index (κ1) is 37.1. The summed E-state index contributed by atoms with van der Waals surface area (Å²) in [4.78, 5) is 22.2. The van der Waals surface area contributed by atoms with Crippen molar-refractivity contribution in [1.29, 1.82) is 0 Å². The first-order valence-corrected chi connectivity index (χ1v) is 19.2. The third kappa shape index (κ3) is 8.01. The Morgan fingerprint density at radius 1 is 0.700 bits per heavy atom. The van der Waals surface area contributed by atoms with E-state index in [0.29, 0.717) is 31.6 Å². The van der Waals surface area contributed by atoms with E-state index in [1.165, 1.54) is 66.5 Å². The van der Waals surface area contributed by atoms with E-state index in [1.54, 1.807) is 0 Å². The van der Waals surface area contributed by atoms with Crippen molar-refractivity contribution in [3.63, 3.8) is 0 Å². The molecule has 10 nitrogen and oxygen atoms in total. The predicted molar refractivity (Wildman–Crippen MR) is 196 cm³/mol. The molecule has 0 N–H and O–H groups in total. The van der Waals surface area contributed by atoms with Crippen molar-refractivity contribution in [1.82, 2.24) is 29.5 Å². The van der Waals surface area contributed by atoms with Crippen molar-refractivity contribution in [2.24, 2.45) is 0 Å². The van der Waals surface area contributed by atoms with Gasteiger partial charge < -0.3 is 14.6 Å². The van der Waals surface area contributed by atoms with Gasteiger partial charge in [0.25, 0.3) is 0 Å². The summed E-state index contributed by atoms with van der Waals surface area (Å²) in [5.41, 5.74) is 4.73. The molecule has 0 aliphatic heterocycles. The monoisotopic (exact) mass is 842 g/mol. The number of benzene rings is 4. The van der Waals surface area contributed by atoms with Gasteiger partial charge in [-0.15, -0.1) is 20.4 Å². The van der Waals surface area contributed by atoms with Crippen LogP contribution >= 0.6 is 55.4 Å². The van der Waals surface area contributed by atoms with Gasteiger partial charge in [-0.3, -0.25) is 13.9 Å². The summed E-state index contributed by atoms with van der Waals surface area (Å²) in [6, 6.07) is 25.2. The number of aromatic nitrogens is 6. The Hall–Kier alpha value is -2.72. The molecule has 0 spiro atoms. The first-order chi connectivity index (χ1) is 23.8. The van der Waals surface area contributed by atoms with Gasteiger partial charge in [-0.2, -0.15) is 0 Å². The summed E-state index contributed by atoms with van der Waals surface area (Å²) >= 11 is 9.31. The van der Waals surface area contributed by atoms with Gasteiger partial charge in [-0.05, 0) is 103 Å². The van der Waals surface area contributed by atoms with E-state index in [1.807, 2.05) is 21.3 Å². The quantitative estimate of drug-likeness (QED) is 0.112. The molecule has 50 heavy (non-hydrogen) atoms. The van der Waals surface area contributed by atoms with Crippen LogP contribution in [0.15, 0.2) is 92.6 Å². The molecule has 2 heterocycles. The molecule has 0 amide bonds. The number of methoxy groups -OCH3 is 1. The molecule has 250 valence electrons. The summed E-state index contributed by atoms with van der Waals surface area (Å²) in [6.45, 7) is 0. The molecule has 2 aliphatic carbocycles. The summed E-state index contributed by atoms with van der Waals surface area (Å²) in [5.74, 6) is -0.0518. The maximum absolute atomic E-state index is 11.5. The smallest absolute Gasteiger partial charge is 0.549 e. The zero-order chi connectivity index (χ0) is 34.1. The largest absolute Gasteiger partial charge is 1.00 e. The molecule has 0 unspecified atom stereocenters. The van der Waals surface area contributed by atoms with Gasteiger partial charge in [0, 0.05) is 16.5 Å². The Balaban J connectivity index is 0.000000170. The number of ether oxygens (including phenoxy) is 1. The third-order valence-corrected chi connectivity index (χ3v) is 11.3. The van der Waals surface area contributed by atoms with Gasteiger partial charge in [0.05, 0.1) is 30.2 Å². The Labute approximate surface area is 335 Å². The Bertz CT molecular complexity index is 2210. The number of carboxylic acids is 1. The SMILES string of the molecule is COC(=O)CSc1nnc(Br)n1-c1cccc2c(C3CC3)cccc12.O=C([O-])CSc1nnc(Br)n1-c1cccc2c(C3CC3)cccc12.[Na+]. The van der Waals surface area contributed by atoms with Crippen LogP contribution in [0.4, 0.5) is 0 Å². The number of hydrogen-bond acceptors (Lipinski definition) is 10. The van der Waals surface area contributed by atoms with Crippen LogP contribution in [0.2, 0.25) is 0 Å². The molecule has 0 saturated heterocycles. The van der Waals surface area contributed by atoms with Crippen LogP contribution in [0.25, 0.3) is 32.9 Å². The van der Waals surface area contributed by atoms with Gasteiger partial charge in [0.2, 0.25) is 9.47 Å². The van der Waals surface area contributed by atoms with E-state index in [2.05, 4.69) is 113 Å². The standard InChI is InChI=1S/C18H16BrN3O2S.C17H14BrN3O2S.Na/c1-24-16(23)10-25-18-21-20-17(19)22(18)15-7-3-5-13-12(11-8-9-11)4-2-6-14(13)15;18-16-19-20-17(24-9-15(22)23)21(16)14-6-2-4-12-11(10-7-8-10)3-1-5-13(12)14;/h2-7,11H,8-10H2,1H3;1-6,10H,7-9H2,(H,22,23);/q;;+1/p-1. The van der Waals surface area contributed by atoms with Gasteiger partial charge in [-0.25, -0.2) is 0 Å². The van der Waals surface area contributed by atoms with Gasteiger partial charge in [0.15, 0.2) is 10.3 Å². The fourth-order valence-electron chi connectivity index (χ4n) is 5.93. The van der Waals surface area contributed by atoms with Gasteiger partial charge in [0.1, 0.15) is 0 Å². The molecule has 8 rings (SSSR count). The van der Waals surface area contributed by atoms with E-state index in [-0.39, 0.29) is 47.0 Å². The minimum atomic E-state index is -1.13. The zero-order valence-electron chi connectivity index (χ0n) is 27.2. The molecule has 0 bridgehead atoms. The third-order valence-electron chi connectivity index (χ3n) is 8.44. The van der Waals surface area contributed by atoms with Crippen molar-refractivity contribution in [3.8, 4) is 11.4 Å². The Kier molecular flexibility index (Phi) is 12.1. The van der Waals surface area contributed by atoms with Gasteiger partial charge in [-0.1, -0.05) is 84.2 Å². The zero-order valence-corrected chi connectivity index (χ0v) is 34.0. The predicted octanol–water partition coefficient (Wildman–Crippen LogP) is 4.23.